The van der Waals surface area contributed by atoms with Crippen molar-refractivity contribution in [3.05, 3.63) is 95.6 Å². The fourth-order valence-electron chi connectivity index (χ4n) is 3.38. The van der Waals surface area contributed by atoms with Crippen molar-refractivity contribution >= 4 is 23.3 Å². The van der Waals surface area contributed by atoms with Crippen molar-refractivity contribution in [2.24, 2.45) is 4.99 Å². The highest BCUT2D eigenvalue weighted by Gasteiger charge is 2.27. The zero-order valence-electron chi connectivity index (χ0n) is 16.7. The SMILES string of the molecule is N#Cc1ccc(-c2nnc(N[C@H]3N=C(c4ccccc4)c4ccccc4NC3=O)o2)cc1. The van der Waals surface area contributed by atoms with Crippen LogP contribution in [0.4, 0.5) is 11.7 Å². The number of hydrogen-bond acceptors (Lipinski definition) is 7. The number of nitrogens with zero attached hydrogens (tertiary/aromatic N) is 4. The van der Waals surface area contributed by atoms with E-state index in [9.17, 15) is 4.79 Å². The van der Waals surface area contributed by atoms with Crippen LogP contribution in [0.5, 0.6) is 0 Å². The number of fused-ring (bicyclic) bond motifs is 1. The van der Waals surface area contributed by atoms with Crippen LogP contribution < -0.4 is 10.6 Å². The first-order valence-electron chi connectivity index (χ1n) is 9.85. The molecule has 0 saturated carbocycles. The molecule has 0 fully saturated rings. The molecule has 5 rings (SSSR count). The zero-order chi connectivity index (χ0) is 21.9. The summed E-state index contributed by atoms with van der Waals surface area (Å²) < 4.78 is 5.69. The number of aromatic nitrogens is 2. The van der Waals surface area contributed by atoms with Crippen LogP contribution in [-0.4, -0.2) is 28.0 Å². The number of benzodiazepines with no additional fused rings is 1. The van der Waals surface area contributed by atoms with E-state index in [1.807, 2.05) is 54.6 Å². The first-order valence-corrected chi connectivity index (χ1v) is 9.85. The molecule has 4 aromatic rings. The largest absolute Gasteiger partial charge is 0.403 e. The Hall–Kier alpha value is -4.77. The number of hydrogen-bond donors (Lipinski definition) is 2. The van der Waals surface area contributed by atoms with E-state index in [-0.39, 0.29) is 17.8 Å². The lowest BCUT2D eigenvalue weighted by Gasteiger charge is -2.11. The highest BCUT2D eigenvalue weighted by Crippen LogP contribution is 2.25. The molecule has 8 nitrogen and oxygen atoms in total. The summed E-state index contributed by atoms with van der Waals surface area (Å²) in [6.45, 7) is 0. The molecule has 0 spiro atoms. The quantitative estimate of drug-likeness (QED) is 0.518. The summed E-state index contributed by atoms with van der Waals surface area (Å²) in [5, 5.41) is 22.8. The Morgan fingerprint density at radius 3 is 2.44 bits per heavy atom. The number of aliphatic imine (C=N–C) groups is 1. The molecule has 2 heterocycles. The summed E-state index contributed by atoms with van der Waals surface area (Å²) in [6.07, 6.45) is -0.980. The molecule has 0 saturated heterocycles. The van der Waals surface area contributed by atoms with Gasteiger partial charge in [0.15, 0.2) is 0 Å². The molecule has 0 unspecified atom stereocenters. The Bertz CT molecular complexity index is 1350. The highest BCUT2D eigenvalue weighted by atomic mass is 16.4. The monoisotopic (exact) mass is 420 g/mol. The van der Waals surface area contributed by atoms with Gasteiger partial charge in [-0.2, -0.15) is 5.26 Å². The smallest absolute Gasteiger partial charge is 0.317 e. The van der Waals surface area contributed by atoms with Gasteiger partial charge >= 0.3 is 6.01 Å². The van der Waals surface area contributed by atoms with Crippen LogP contribution in [0, 0.1) is 11.3 Å². The van der Waals surface area contributed by atoms with Crippen LogP contribution in [0.25, 0.3) is 11.5 Å². The van der Waals surface area contributed by atoms with Crippen molar-refractivity contribution < 1.29 is 9.21 Å². The molecule has 3 aromatic carbocycles. The highest BCUT2D eigenvalue weighted by molar-refractivity contribution is 6.19. The third-order valence-electron chi connectivity index (χ3n) is 4.94. The third-order valence-corrected chi connectivity index (χ3v) is 4.94. The van der Waals surface area contributed by atoms with E-state index >= 15 is 0 Å². The Labute approximate surface area is 183 Å². The van der Waals surface area contributed by atoms with Crippen LogP contribution >= 0.6 is 0 Å². The molecule has 1 amide bonds. The molecule has 1 aliphatic rings. The van der Waals surface area contributed by atoms with Gasteiger partial charge in [-0.3, -0.25) is 4.79 Å². The van der Waals surface area contributed by atoms with E-state index < -0.39 is 6.17 Å². The number of amides is 1. The molecule has 0 bridgehead atoms. The van der Waals surface area contributed by atoms with E-state index in [0.717, 1.165) is 11.1 Å². The van der Waals surface area contributed by atoms with Gasteiger partial charge in [-0.05, 0) is 30.3 Å². The number of benzene rings is 3. The Morgan fingerprint density at radius 1 is 0.906 bits per heavy atom. The molecule has 1 atom stereocenters. The summed E-state index contributed by atoms with van der Waals surface area (Å²) in [5.74, 6) is -0.0805. The second kappa shape index (κ2) is 8.16. The molecule has 8 heteroatoms. The Kier molecular flexibility index (Phi) is 4.90. The number of carbonyl (C=O) groups excluding carboxylic acids is 1. The van der Waals surface area contributed by atoms with Crippen molar-refractivity contribution in [3.63, 3.8) is 0 Å². The number of para-hydroxylation sites is 1. The maximum Gasteiger partial charge on any atom is 0.317 e. The van der Waals surface area contributed by atoms with Crippen molar-refractivity contribution in [1.29, 1.82) is 5.26 Å². The minimum absolute atomic E-state index is 0.0617. The normalized spacial score (nSPS) is 15.0. The Morgan fingerprint density at radius 2 is 1.66 bits per heavy atom. The van der Waals surface area contributed by atoms with Gasteiger partial charge in [0.05, 0.1) is 23.0 Å². The summed E-state index contributed by atoms with van der Waals surface area (Å²) >= 11 is 0. The zero-order valence-corrected chi connectivity index (χ0v) is 16.7. The third kappa shape index (κ3) is 3.70. The lowest BCUT2D eigenvalue weighted by atomic mass is 10.0. The van der Waals surface area contributed by atoms with E-state index in [1.54, 1.807) is 24.3 Å². The van der Waals surface area contributed by atoms with Gasteiger partial charge in [-0.1, -0.05) is 53.6 Å². The van der Waals surface area contributed by atoms with E-state index in [0.29, 0.717) is 22.5 Å². The lowest BCUT2D eigenvalue weighted by Crippen LogP contribution is -2.32. The Balaban J connectivity index is 1.48. The van der Waals surface area contributed by atoms with Crippen molar-refractivity contribution in [2.45, 2.75) is 6.17 Å². The predicted molar refractivity (Wildman–Crippen MR) is 119 cm³/mol. The molecule has 154 valence electrons. The second-order valence-electron chi connectivity index (χ2n) is 7.03. The summed E-state index contributed by atoms with van der Waals surface area (Å²) in [7, 11) is 0. The van der Waals surface area contributed by atoms with Gasteiger partial charge in [-0.15, -0.1) is 5.10 Å². The van der Waals surface area contributed by atoms with Crippen LogP contribution in [-0.2, 0) is 4.79 Å². The van der Waals surface area contributed by atoms with Gasteiger partial charge in [-0.25, -0.2) is 4.99 Å². The van der Waals surface area contributed by atoms with Gasteiger partial charge in [0.2, 0.25) is 12.1 Å². The first-order chi connectivity index (χ1) is 15.7. The number of nitriles is 1. The van der Waals surface area contributed by atoms with Gasteiger partial charge < -0.3 is 15.1 Å². The maximum atomic E-state index is 12.9. The minimum atomic E-state index is -0.980. The molecule has 0 aliphatic carbocycles. The fraction of sp³-hybridized carbons (Fsp3) is 0.0417. The fourth-order valence-corrected chi connectivity index (χ4v) is 3.38. The van der Waals surface area contributed by atoms with Crippen molar-refractivity contribution in [2.75, 3.05) is 10.6 Å². The van der Waals surface area contributed by atoms with E-state index in [4.69, 9.17) is 14.7 Å². The number of carbonyl (C=O) groups is 1. The van der Waals surface area contributed by atoms with Crippen molar-refractivity contribution in [1.82, 2.24) is 10.2 Å². The average molecular weight is 420 g/mol. The van der Waals surface area contributed by atoms with Gasteiger partial charge in [0.25, 0.3) is 5.91 Å². The molecule has 1 aliphatic heterocycles. The molecular formula is C24H16N6O2. The van der Waals surface area contributed by atoms with Crippen LogP contribution in [0.15, 0.2) is 88.3 Å². The van der Waals surface area contributed by atoms with Gasteiger partial charge in [0, 0.05) is 16.7 Å². The lowest BCUT2D eigenvalue weighted by molar-refractivity contribution is -0.116. The summed E-state index contributed by atoms with van der Waals surface area (Å²) in [5.41, 5.74) is 4.24. The molecule has 0 radical (unpaired) electrons. The van der Waals surface area contributed by atoms with Crippen LogP contribution in [0.1, 0.15) is 16.7 Å². The van der Waals surface area contributed by atoms with Crippen LogP contribution in [0.3, 0.4) is 0 Å². The average Bonchev–Trinajstić information content (AvgIpc) is 3.26. The van der Waals surface area contributed by atoms with Crippen LogP contribution in [0.2, 0.25) is 0 Å². The number of nitrogens with one attached hydrogen (secondary N) is 2. The standard InChI is InChI=1S/C24H16N6O2/c25-14-15-10-12-17(13-11-15)23-29-30-24(32-23)28-21-22(31)26-19-9-5-4-8-18(19)20(27-21)16-6-2-1-3-7-16/h1-13,21H,(H,26,31)(H,28,30)/t21-/m1/s1. The molecular weight excluding hydrogens is 404 g/mol. The molecule has 32 heavy (non-hydrogen) atoms. The topological polar surface area (TPSA) is 116 Å². The molecule has 1 aromatic heterocycles. The predicted octanol–water partition coefficient (Wildman–Crippen LogP) is 3.84. The summed E-state index contributed by atoms with van der Waals surface area (Å²) in [4.78, 5) is 17.6. The maximum absolute atomic E-state index is 12.9. The number of rotatable bonds is 4. The van der Waals surface area contributed by atoms with Gasteiger partial charge in [0.1, 0.15) is 0 Å². The summed E-state index contributed by atoms with van der Waals surface area (Å²) in [6, 6.07) is 26.1. The second-order valence-corrected chi connectivity index (χ2v) is 7.03. The van der Waals surface area contributed by atoms with Crippen molar-refractivity contribution in [3.8, 4) is 17.5 Å². The minimum Gasteiger partial charge on any atom is -0.403 e. The van der Waals surface area contributed by atoms with E-state index in [1.165, 1.54) is 0 Å². The molecule has 2 N–H and O–H groups in total. The van der Waals surface area contributed by atoms with E-state index in [2.05, 4.69) is 26.9 Å². The number of anilines is 2. The first kappa shape index (κ1) is 19.2.